The van der Waals surface area contributed by atoms with Gasteiger partial charge in [0.05, 0.1) is 12.2 Å². The highest BCUT2D eigenvalue weighted by Gasteiger charge is 2.52. The van der Waals surface area contributed by atoms with Crippen LogP contribution in [-0.2, 0) is 7.86 Å². The number of urea groups is 1. The minimum atomic E-state index is -4.42. The Morgan fingerprint density at radius 1 is 1.06 bits per heavy atom. The summed E-state index contributed by atoms with van der Waals surface area (Å²) in [5, 5.41) is 0. The average molecular weight is 575 g/mol. The predicted octanol–water partition coefficient (Wildman–Crippen LogP) is 6.31. The summed E-state index contributed by atoms with van der Waals surface area (Å²) in [5.74, 6) is 0.135. The molecule has 2 aromatic rings. The first-order valence-electron chi connectivity index (χ1n) is 9.40. The first-order valence-corrected chi connectivity index (χ1v) is 12.1. The second-order valence-corrected chi connectivity index (χ2v) is 9.94. The summed E-state index contributed by atoms with van der Waals surface area (Å²) in [4.78, 5) is 28.7. The third kappa shape index (κ3) is 4.40. The molecular weight excluding hydrogens is 558 g/mol. The minimum Gasteiger partial charge on any atom is -0.417 e. The average Bonchev–Trinajstić information content (AvgIpc) is 3.26. The van der Waals surface area contributed by atoms with Crippen LogP contribution in [0.25, 0.3) is 5.76 Å². The lowest BCUT2D eigenvalue weighted by molar-refractivity contribution is -0.123. The van der Waals surface area contributed by atoms with Crippen molar-refractivity contribution in [2.45, 2.75) is 29.8 Å². The summed E-state index contributed by atoms with van der Waals surface area (Å²) < 4.78 is 48.0. The highest BCUT2D eigenvalue weighted by Crippen LogP contribution is 2.40. The number of anilines is 1. The molecule has 4 rings (SSSR count). The third-order valence-corrected chi connectivity index (χ3v) is 7.16. The van der Waals surface area contributed by atoms with Crippen molar-refractivity contribution in [2.24, 2.45) is 3.15 Å². The van der Waals surface area contributed by atoms with Crippen LogP contribution < -0.4 is 4.90 Å². The standard InChI is InChI=1S/C21H17F3IN3O3S/c1-20(2)18(29)28(14-8-10-15(11-9-14)32-21(22,23)24)19(30)27(20)12-16-17(31-25-26-16)13-6-4-3-5-7-13/h3-11H,12H2,1-2H3. The van der Waals surface area contributed by atoms with Crippen molar-refractivity contribution in [1.82, 2.24) is 4.90 Å². The van der Waals surface area contributed by atoms with Gasteiger partial charge >= 0.3 is 11.5 Å². The number of halogens is 4. The molecule has 2 aliphatic rings. The summed E-state index contributed by atoms with van der Waals surface area (Å²) >= 11 is -1.15. The Balaban J connectivity index is 1.61. The van der Waals surface area contributed by atoms with Gasteiger partial charge in [-0.1, -0.05) is 30.3 Å². The SMILES string of the molecule is CC1(C)C(=O)N(c2ccc(SC(F)(F)F)cc2)C(=O)N1CC1=C(c2ccccc2)OI=N1. The first kappa shape index (κ1) is 22.8. The van der Waals surface area contributed by atoms with Crippen molar-refractivity contribution in [3.05, 3.63) is 65.9 Å². The highest BCUT2D eigenvalue weighted by atomic mass is 127. The van der Waals surface area contributed by atoms with E-state index in [-0.39, 0.29) is 28.9 Å². The van der Waals surface area contributed by atoms with Gasteiger partial charge in [-0.2, -0.15) is 16.3 Å². The van der Waals surface area contributed by atoms with Crippen LogP contribution in [0.3, 0.4) is 0 Å². The molecule has 32 heavy (non-hydrogen) atoms. The maximum absolute atomic E-state index is 13.2. The normalized spacial score (nSPS) is 18.3. The topological polar surface area (TPSA) is 62.2 Å². The smallest absolute Gasteiger partial charge is 0.417 e. The molecule has 0 bridgehead atoms. The summed E-state index contributed by atoms with van der Waals surface area (Å²) in [5.41, 5.74) is -3.93. The number of hydrogen-bond donors (Lipinski definition) is 0. The monoisotopic (exact) mass is 575 g/mol. The van der Waals surface area contributed by atoms with Crippen molar-refractivity contribution in [1.29, 1.82) is 0 Å². The van der Waals surface area contributed by atoms with Gasteiger partial charge in [0, 0.05) is 10.5 Å². The van der Waals surface area contributed by atoms with Gasteiger partial charge in [0.2, 0.25) is 21.4 Å². The molecule has 6 nitrogen and oxygen atoms in total. The van der Waals surface area contributed by atoms with E-state index in [1.165, 1.54) is 29.2 Å². The number of amides is 3. The van der Waals surface area contributed by atoms with Crippen molar-refractivity contribution in [3.8, 4) is 0 Å². The zero-order valence-corrected chi connectivity index (χ0v) is 19.9. The molecule has 1 saturated heterocycles. The molecule has 0 saturated carbocycles. The highest BCUT2D eigenvalue weighted by molar-refractivity contribution is 14.1. The molecular formula is C21H17F3IN3O3S. The maximum atomic E-state index is 13.2. The van der Waals surface area contributed by atoms with Crippen LogP contribution in [0.4, 0.5) is 23.7 Å². The number of hydrogen-bond acceptors (Lipinski definition) is 5. The molecule has 0 radical (unpaired) electrons. The fourth-order valence-corrected chi connectivity index (χ4v) is 5.30. The molecule has 2 aromatic carbocycles. The Hall–Kier alpha value is -2.41. The number of thioether (sulfide) groups is 1. The number of imide groups is 1. The number of carbonyl (C=O) groups excluding carboxylic acids is 2. The van der Waals surface area contributed by atoms with Gasteiger partial charge in [-0.25, -0.2) is 9.69 Å². The molecule has 0 atom stereocenters. The van der Waals surface area contributed by atoms with Crippen LogP contribution in [0, 0.1) is 0 Å². The van der Waals surface area contributed by atoms with Crippen LogP contribution in [0.5, 0.6) is 0 Å². The fraction of sp³-hybridized carbons (Fsp3) is 0.238. The number of carbonyl (C=O) groups is 2. The lowest BCUT2D eigenvalue weighted by atomic mass is 10.0. The van der Waals surface area contributed by atoms with E-state index in [0.717, 1.165) is 10.5 Å². The molecule has 11 heteroatoms. The van der Waals surface area contributed by atoms with Gasteiger partial charge in [0.15, 0.2) is 5.76 Å². The zero-order chi connectivity index (χ0) is 23.1. The van der Waals surface area contributed by atoms with Crippen LogP contribution in [0.15, 0.2) is 68.3 Å². The quantitative estimate of drug-likeness (QED) is 0.238. The van der Waals surface area contributed by atoms with Gasteiger partial charge in [0.25, 0.3) is 5.91 Å². The van der Waals surface area contributed by atoms with Gasteiger partial charge in [0.1, 0.15) is 11.2 Å². The second-order valence-electron chi connectivity index (χ2n) is 7.48. The molecule has 0 aromatic heterocycles. The van der Waals surface area contributed by atoms with E-state index in [0.29, 0.717) is 11.5 Å². The number of benzene rings is 2. The molecule has 3 amide bonds. The van der Waals surface area contributed by atoms with Crippen LogP contribution >= 0.6 is 33.2 Å². The Morgan fingerprint density at radius 3 is 2.34 bits per heavy atom. The van der Waals surface area contributed by atoms with Gasteiger partial charge in [-0.15, -0.1) is 0 Å². The molecule has 0 unspecified atom stereocenters. The molecule has 2 aliphatic heterocycles. The fourth-order valence-electron chi connectivity index (χ4n) is 3.35. The van der Waals surface area contributed by atoms with Crippen molar-refractivity contribution in [2.75, 3.05) is 11.4 Å². The molecule has 2 heterocycles. The summed E-state index contributed by atoms with van der Waals surface area (Å²) in [7, 11) is 0. The second kappa shape index (κ2) is 8.50. The van der Waals surface area contributed by atoms with Crippen molar-refractivity contribution < 1.29 is 25.8 Å². The summed E-state index contributed by atoms with van der Waals surface area (Å²) in [6.07, 6.45) is 0. The molecule has 168 valence electrons. The lowest BCUT2D eigenvalue weighted by Crippen LogP contribution is -2.45. The van der Waals surface area contributed by atoms with Gasteiger partial charge < -0.3 is 7.97 Å². The van der Waals surface area contributed by atoms with E-state index in [1.54, 1.807) is 13.8 Å². The van der Waals surface area contributed by atoms with Crippen LogP contribution in [-0.4, -0.2) is 34.4 Å². The Kier molecular flexibility index (Phi) is 6.05. The molecule has 1 fully saturated rings. The van der Waals surface area contributed by atoms with Crippen LogP contribution in [0.1, 0.15) is 19.4 Å². The molecule has 0 spiro atoms. The Bertz CT molecular complexity index is 1120. The van der Waals surface area contributed by atoms with E-state index in [9.17, 15) is 22.8 Å². The van der Waals surface area contributed by atoms with E-state index < -0.39 is 44.4 Å². The summed E-state index contributed by atoms with van der Waals surface area (Å²) in [6.45, 7) is 3.35. The third-order valence-electron chi connectivity index (χ3n) is 5.01. The number of alkyl halides is 3. The van der Waals surface area contributed by atoms with Crippen molar-refractivity contribution >= 4 is 56.6 Å². The first-order chi connectivity index (χ1) is 15.1. The number of nitrogens with zero attached hydrogens (tertiary/aromatic N) is 3. The molecule has 0 aliphatic carbocycles. The van der Waals surface area contributed by atoms with Gasteiger partial charge in [-0.05, 0) is 49.9 Å². The largest absolute Gasteiger partial charge is 0.446 e. The van der Waals surface area contributed by atoms with Crippen LogP contribution in [0.2, 0.25) is 0 Å². The van der Waals surface area contributed by atoms with E-state index in [2.05, 4.69) is 3.15 Å². The van der Waals surface area contributed by atoms with E-state index >= 15 is 0 Å². The minimum absolute atomic E-state index is 0.0278. The van der Waals surface area contributed by atoms with E-state index in [1.807, 2.05) is 30.3 Å². The lowest BCUT2D eigenvalue weighted by Gasteiger charge is -2.27. The van der Waals surface area contributed by atoms with E-state index in [4.69, 9.17) is 3.07 Å². The number of rotatable bonds is 5. The Morgan fingerprint density at radius 2 is 1.72 bits per heavy atom. The maximum Gasteiger partial charge on any atom is 0.446 e. The molecule has 0 N–H and O–H groups in total. The Labute approximate surface area is 197 Å². The van der Waals surface area contributed by atoms with Crippen molar-refractivity contribution in [3.63, 3.8) is 0 Å². The predicted molar refractivity (Wildman–Crippen MR) is 123 cm³/mol. The zero-order valence-electron chi connectivity index (χ0n) is 16.9. The van der Waals surface area contributed by atoms with Gasteiger partial charge in [-0.3, -0.25) is 4.79 Å². The summed E-state index contributed by atoms with van der Waals surface area (Å²) in [6, 6.07) is 14.0.